The summed E-state index contributed by atoms with van der Waals surface area (Å²) < 4.78 is 9.74. The summed E-state index contributed by atoms with van der Waals surface area (Å²) in [5.74, 6) is -0.0188. The fourth-order valence-corrected chi connectivity index (χ4v) is 1.81. The van der Waals surface area contributed by atoms with Gasteiger partial charge < -0.3 is 19.9 Å². The van der Waals surface area contributed by atoms with Crippen LogP contribution in [0.25, 0.3) is 0 Å². The zero-order valence-corrected chi connectivity index (χ0v) is 10.8. The number of anilines is 1. The summed E-state index contributed by atoms with van der Waals surface area (Å²) in [5.41, 5.74) is -0.626. The first-order valence-corrected chi connectivity index (χ1v) is 6.07. The van der Waals surface area contributed by atoms with Gasteiger partial charge in [0.05, 0.1) is 25.1 Å². The lowest BCUT2D eigenvalue weighted by molar-refractivity contribution is -0.0543. The molecule has 19 heavy (non-hydrogen) atoms. The van der Waals surface area contributed by atoms with Gasteiger partial charge in [0.1, 0.15) is 5.82 Å². The zero-order valence-electron chi connectivity index (χ0n) is 10.8. The molecule has 1 aromatic heterocycles. The van der Waals surface area contributed by atoms with Crippen molar-refractivity contribution in [1.82, 2.24) is 9.97 Å². The van der Waals surface area contributed by atoms with Crippen LogP contribution >= 0.6 is 0 Å². The van der Waals surface area contributed by atoms with E-state index in [1.54, 1.807) is 0 Å². The molecule has 0 amide bonds. The fourth-order valence-electron chi connectivity index (χ4n) is 1.81. The number of ether oxygens (including phenoxy) is 2. The molecule has 1 saturated heterocycles. The lowest BCUT2D eigenvalue weighted by Gasteiger charge is -2.32. The van der Waals surface area contributed by atoms with Crippen molar-refractivity contribution in [1.29, 1.82) is 0 Å². The van der Waals surface area contributed by atoms with Crippen molar-refractivity contribution < 1.29 is 19.4 Å². The Bertz CT molecular complexity index is 429. The number of rotatable bonds is 4. The molecule has 1 aromatic rings. The quantitative estimate of drug-likeness (QED) is 0.753. The summed E-state index contributed by atoms with van der Waals surface area (Å²) >= 11 is 0. The number of esters is 1. The maximum absolute atomic E-state index is 11.2. The number of hydrogen-bond acceptors (Lipinski definition) is 7. The van der Waals surface area contributed by atoms with Gasteiger partial charge in [0, 0.05) is 32.6 Å². The largest absolute Gasteiger partial charge is 0.464 e. The van der Waals surface area contributed by atoms with Crippen LogP contribution in [0.4, 0.5) is 5.82 Å². The smallest absolute Gasteiger partial charge is 0.358 e. The molecule has 1 aliphatic heterocycles. The number of carbonyl (C=O) groups excluding carboxylic acids is 1. The van der Waals surface area contributed by atoms with Gasteiger partial charge in [-0.25, -0.2) is 14.8 Å². The van der Waals surface area contributed by atoms with Crippen LogP contribution < -0.4 is 5.32 Å². The highest BCUT2D eigenvalue weighted by Gasteiger charge is 2.29. The number of nitrogens with one attached hydrogen (secondary N) is 1. The van der Waals surface area contributed by atoms with Crippen LogP contribution in [-0.2, 0) is 9.47 Å². The topological polar surface area (TPSA) is 93.6 Å². The van der Waals surface area contributed by atoms with E-state index in [1.807, 2.05) is 0 Å². The molecule has 0 bridgehead atoms. The number of aliphatic hydroxyl groups is 1. The van der Waals surface area contributed by atoms with E-state index in [4.69, 9.17) is 4.74 Å². The van der Waals surface area contributed by atoms with Gasteiger partial charge in [-0.2, -0.15) is 0 Å². The standard InChI is InChI=1S/C12H17N3O4/c1-18-11(16)9-6-14-10(7-13-9)15-8-12(17)2-4-19-5-3-12/h6-7,17H,2-5,8H2,1H3,(H,14,15). The van der Waals surface area contributed by atoms with Crippen LogP contribution in [0.3, 0.4) is 0 Å². The van der Waals surface area contributed by atoms with Gasteiger partial charge in [-0.3, -0.25) is 0 Å². The average Bonchev–Trinajstić information content (AvgIpc) is 2.46. The monoisotopic (exact) mass is 267 g/mol. The van der Waals surface area contributed by atoms with E-state index >= 15 is 0 Å². The number of hydrogen-bond donors (Lipinski definition) is 2. The average molecular weight is 267 g/mol. The number of aromatic nitrogens is 2. The van der Waals surface area contributed by atoms with Gasteiger partial charge >= 0.3 is 5.97 Å². The molecular weight excluding hydrogens is 250 g/mol. The SMILES string of the molecule is COC(=O)c1cnc(NCC2(O)CCOCC2)cn1. The van der Waals surface area contributed by atoms with Crippen molar-refractivity contribution in [2.75, 3.05) is 32.2 Å². The van der Waals surface area contributed by atoms with E-state index in [9.17, 15) is 9.90 Å². The molecule has 0 unspecified atom stereocenters. The van der Waals surface area contributed by atoms with Crippen LogP contribution in [0.2, 0.25) is 0 Å². The van der Waals surface area contributed by atoms with E-state index < -0.39 is 11.6 Å². The Balaban J connectivity index is 1.91. The van der Waals surface area contributed by atoms with E-state index in [1.165, 1.54) is 19.5 Å². The molecule has 7 nitrogen and oxygen atoms in total. The van der Waals surface area contributed by atoms with Crippen LogP contribution in [0.5, 0.6) is 0 Å². The predicted molar refractivity (Wildman–Crippen MR) is 66.9 cm³/mol. The second-order valence-corrected chi connectivity index (χ2v) is 4.47. The summed E-state index contributed by atoms with van der Waals surface area (Å²) in [5, 5.41) is 13.3. The molecule has 2 N–H and O–H groups in total. The number of nitrogens with zero attached hydrogens (tertiary/aromatic N) is 2. The van der Waals surface area contributed by atoms with Crippen molar-refractivity contribution in [3.63, 3.8) is 0 Å². The van der Waals surface area contributed by atoms with Crippen molar-refractivity contribution in [2.45, 2.75) is 18.4 Å². The Morgan fingerprint density at radius 2 is 2.21 bits per heavy atom. The maximum Gasteiger partial charge on any atom is 0.358 e. The van der Waals surface area contributed by atoms with E-state index in [-0.39, 0.29) is 5.69 Å². The Labute approximate surface area is 111 Å². The Morgan fingerprint density at radius 1 is 1.47 bits per heavy atom. The minimum Gasteiger partial charge on any atom is -0.464 e. The Kier molecular flexibility index (Phi) is 4.28. The van der Waals surface area contributed by atoms with Crippen LogP contribution in [-0.4, -0.2) is 53.5 Å². The molecule has 1 fully saturated rings. The first-order valence-electron chi connectivity index (χ1n) is 6.07. The van der Waals surface area contributed by atoms with Crippen LogP contribution in [0, 0.1) is 0 Å². The lowest BCUT2D eigenvalue weighted by Crippen LogP contribution is -2.42. The molecule has 7 heteroatoms. The highest BCUT2D eigenvalue weighted by atomic mass is 16.5. The van der Waals surface area contributed by atoms with Gasteiger partial charge in [-0.05, 0) is 0 Å². The van der Waals surface area contributed by atoms with Crippen molar-refractivity contribution in [3.8, 4) is 0 Å². The second-order valence-electron chi connectivity index (χ2n) is 4.47. The summed E-state index contributed by atoms with van der Waals surface area (Å²) in [6.45, 7) is 1.50. The van der Waals surface area contributed by atoms with Gasteiger partial charge in [0.2, 0.25) is 0 Å². The third kappa shape index (κ3) is 3.62. The minimum atomic E-state index is -0.777. The highest BCUT2D eigenvalue weighted by Crippen LogP contribution is 2.20. The second kappa shape index (κ2) is 5.94. The molecule has 0 radical (unpaired) electrons. The van der Waals surface area contributed by atoms with Crippen molar-refractivity contribution in [2.24, 2.45) is 0 Å². The molecule has 0 aliphatic carbocycles. The highest BCUT2D eigenvalue weighted by molar-refractivity contribution is 5.86. The summed E-state index contributed by atoms with van der Waals surface area (Å²) in [6, 6.07) is 0. The molecule has 2 heterocycles. The molecular formula is C12H17N3O4. The zero-order chi connectivity index (χ0) is 13.7. The molecule has 0 aromatic carbocycles. The molecule has 104 valence electrons. The number of methoxy groups -OCH3 is 1. The molecule has 0 atom stereocenters. The lowest BCUT2D eigenvalue weighted by atomic mass is 9.94. The first kappa shape index (κ1) is 13.7. The van der Waals surface area contributed by atoms with Crippen LogP contribution in [0.15, 0.2) is 12.4 Å². The van der Waals surface area contributed by atoms with Gasteiger partial charge in [0.15, 0.2) is 5.69 Å². The normalized spacial score (nSPS) is 17.8. The van der Waals surface area contributed by atoms with Crippen LogP contribution in [0.1, 0.15) is 23.3 Å². The van der Waals surface area contributed by atoms with Gasteiger partial charge in [-0.15, -0.1) is 0 Å². The van der Waals surface area contributed by atoms with Gasteiger partial charge in [-0.1, -0.05) is 0 Å². The van der Waals surface area contributed by atoms with Gasteiger partial charge in [0.25, 0.3) is 0 Å². The molecule has 1 aliphatic rings. The van der Waals surface area contributed by atoms with E-state index in [0.717, 1.165) is 0 Å². The Hall–Kier alpha value is -1.73. The Morgan fingerprint density at radius 3 is 2.79 bits per heavy atom. The van der Waals surface area contributed by atoms with E-state index in [2.05, 4.69) is 20.0 Å². The third-order valence-corrected chi connectivity index (χ3v) is 3.07. The van der Waals surface area contributed by atoms with Crippen molar-refractivity contribution >= 4 is 11.8 Å². The maximum atomic E-state index is 11.2. The summed E-state index contributed by atoms with van der Waals surface area (Å²) in [7, 11) is 1.29. The minimum absolute atomic E-state index is 0.151. The van der Waals surface area contributed by atoms with E-state index in [0.29, 0.717) is 38.4 Å². The number of carbonyl (C=O) groups is 1. The molecule has 2 rings (SSSR count). The predicted octanol–water partition coefficient (Wildman–Crippen LogP) is 0.217. The first-order chi connectivity index (χ1) is 9.13. The summed E-state index contributed by atoms with van der Waals surface area (Å²) in [4.78, 5) is 19.2. The summed E-state index contributed by atoms with van der Waals surface area (Å²) in [6.07, 6.45) is 3.96. The van der Waals surface area contributed by atoms with Crippen molar-refractivity contribution in [3.05, 3.63) is 18.1 Å². The molecule has 0 spiro atoms. The third-order valence-electron chi connectivity index (χ3n) is 3.07. The fraction of sp³-hybridized carbons (Fsp3) is 0.583. The molecule has 0 saturated carbocycles.